The van der Waals surface area contributed by atoms with E-state index in [9.17, 15) is 0 Å². The zero-order chi connectivity index (χ0) is 12.9. The molecule has 0 bridgehead atoms. The summed E-state index contributed by atoms with van der Waals surface area (Å²) in [6.07, 6.45) is 19.7. The average Bonchev–Trinajstić information content (AvgIpc) is 2.37. The highest BCUT2D eigenvalue weighted by molar-refractivity contribution is 5.50. The summed E-state index contributed by atoms with van der Waals surface area (Å²) in [6.45, 7) is 3.59. The van der Waals surface area contributed by atoms with Crippen molar-refractivity contribution in [1.29, 1.82) is 0 Å². The summed E-state index contributed by atoms with van der Waals surface area (Å²) in [5.41, 5.74) is 1.21. The highest BCUT2D eigenvalue weighted by atomic mass is 13.9. The highest BCUT2D eigenvalue weighted by Gasteiger charge is 1.84. The minimum Gasteiger partial charge on any atom is -0.0991 e. The Hall–Kier alpha value is -1.82. The lowest BCUT2D eigenvalue weighted by Gasteiger charge is -1.94. The van der Waals surface area contributed by atoms with Gasteiger partial charge in [-0.15, -0.1) is 0 Å². The quantitative estimate of drug-likeness (QED) is 0.592. The van der Waals surface area contributed by atoms with Gasteiger partial charge in [0.15, 0.2) is 0 Å². The van der Waals surface area contributed by atoms with Gasteiger partial charge in [0.2, 0.25) is 0 Å². The molecule has 1 aromatic rings. The van der Waals surface area contributed by atoms with E-state index in [1.165, 1.54) is 31.2 Å². The lowest BCUT2D eigenvalue weighted by Crippen LogP contribution is -1.74. The molecule has 0 atom stereocenters. The van der Waals surface area contributed by atoms with Crippen molar-refractivity contribution >= 4 is 6.08 Å². The van der Waals surface area contributed by atoms with Gasteiger partial charge < -0.3 is 0 Å². The van der Waals surface area contributed by atoms with Gasteiger partial charge in [-0.1, -0.05) is 79.4 Å². The van der Waals surface area contributed by atoms with E-state index >= 15 is 0 Å². The number of rotatable bonds is 2. The van der Waals surface area contributed by atoms with Gasteiger partial charge in [0, 0.05) is 0 Å². The summed E-state index contributed by atoms with van der Waals surface area (Å²) in [5.74, 6) is 0. The van der Waals surface area contributed by atoms with Crippen LogP contribution in [-0.2, 0) is 0 Å². The Bertz CT molecular complexity index is 379. The summed E-state index contributed by atoms with van der Waals surface area (Å²) >= 11 is 0. The predicted molar refractivity (Wildman–Crippen MR) is 82.4 cm³/mol. The van der Waals surface area contributed by atoms with Gasteiger partial charge >= 0.3 is 0 Å². The van der Waals surface area contributed by atoms with Gasteiger partial charge in [-0.2, -0.15) is 0 Å². The van der Waals surface area contributed by atoms with Crippen LogP contribution in [0.1, 0.15) is 31.2 Å². The van der Waals surface area contributed by atoms with E-state index < -0.39 is 0 Å². The zero-order valence-electron chi connectivity index (χ0n) is 11.0. The Morgan fingerprint density at radius 2 is 1.50 bits per heavy atom. The Balaban J connectivity index is 0.000000184. The molecular formula is C18H22. The average molecular weight is 238 g/mol. The van der Waals surface area contributed by atoms with Crippen LogP contribution in [0.3, 0.4) is 0 Å². The molecule has 0 heterocycles. The van der Waals surface area contributed by atoms with Crippen molar-refractivity contribution in [1.82, 2.24) is 0 Å². The third-order valence-electron chi connectivity index (χ3n) is 2.60. The smallest absolute Gasteiger partial charge is 0.0257 e. The summed E-state index contributed by atoms with van der Waals surface area (Å²) in [5, 5.41) is 0. The van der Waals surface area contributed by atoms with Crippen molar-refractivity contribution in [2.24, 2.45) is 0 Å². The van der Waals surface area contributed by atoms with Crippen molar-refractivity contribution in [3.05, 3.63) is 78.9 Å². The Labute approximate surface area is 111 Å². The largest absolute Gasteiger partial charge is 0.0991 e. The second-order valence-electron chi connectivity index (χ2n) is 4.15. The van der Waals surface area contributed by atoms with Crippen molar-refractivity contribution in [2.45, 2.75) is 25.7 Å². The fraction of sp³-hybridized carbons (Fsp3) is 0.222. The Morgan fingerprint density at radius 1 is 0.889 bits per heavy atom. The normalized spacial score (nSPS) is 18.0. The minimum atomic E-state index is 1.21. The molecule has 0 spiro atoms. The van der Waals surface area contributed by atoms with E-state index in [1.54, 1.807) is 6.08 Å². The fourth-order valence-electron chi connectivity index (χ4n) is 1.62. The van der Waals surface area contributed by atoms with Crippen LogP contribution < -0.4 is 0 Å². The molecule has 1 aliphatic carbocycles. The van der Waals surface area contributed by atoms with E-state index in [4.69, 9.17) is 0 Å². The molecule has 1 aromatic carbocycles. The van der Waals surface area contributed by atoms with Crippen molar-refractivity contribution in [3.63, 3.8) is 0 Å². The van der Waals surface area contributed by atoms with Crippen LogP contribution in [0.4, 0.5) is 0 Å². The van der Waals surface area contributed by atoms with Crippen molar-refractivity contribution in [2.75, 3.05) is 0 Å². The number of benzene rings is 1. The first-order chi connectivity index (χ1) is 8.93. The first-order valence-corrected chi connectivity index (χ1v) is 6.59. The molecule has 94 valence electrons. The standard InChI is InChI=1S/C10H10.C8H12/c1-2-3-7-10-8-5-4-6-9-10;1-2-4-6-8-7-5-3-1/h2-9H,1H2;1-4H,5-8H2/b;3-1-,4-2-. The second kappa shape index (κ2) is 10.3. The molecular weight excluding hydrogens is 216 g/mol. The van der Waals surface area contributed by atoms with Crippen molar-refractivity contribution < 1.29 is 0 Å². The van der Waals surface area contributed by atoms with Gasteiger partial charge in [-0.25, -0.2) is 0 Å². The van der Waals surface area contributed by atoms with Crippen LogP contribution in [0.25, 0.3) is 6.08 Å². The van der Waals surface area contributed by atoms with E-state index in [2.05, 4.69) is 43.0 Å². The lowest BCUT2D eigenvalue weighted by molar-refractivity contribution is 0.758. The lowest BCUT2D eigenvalue weighted by atomic mass is 10.1. The highest BCUT2D eigenvalue weighted by Crippen LogP contribution is 2.04. The van der Waals surface area contributed by atoms with Crippen LogP contribution in [0.2, 0.25) is 0 Å². The number of hydrogen-bond donors (Lipinski definition) is 0. The van der Waals surface area contributed by atoms with Crippen LogP contribution in [-0.4, -0.2) is 0 Å². The summed E-state index contributed by atoms with van der Waals surface area (Å²) < 4.78 is 0. The van der Waals surface area contributed by atoms with Crippen LogP contribution in [0, 0.1) is 0 Å². The molecule has 1 aliphatic rings. The molecule has 0 N–H and O–H groups in total. The van der Waals surface area contributed by atoms with Gasteiger partial charge in [-0.3, -0.25) is 0 Å². The molecule has 0 aliphatic heterocycles. The maximum Gasteiger partial charge on any atom is -0.0257 e. The van der Waals surface area contributed by atoms with Crippen LogP contribution >= 0.6 is 0 Å². The summed E-state index contributed by atoms with van der Waals surface area (Å²) in [4.78, 5) is 0. The SMILES string of the molecule is C1=C\CCCC\C=C/1.C=CC=Cc1ccccc1. The third kappa shape index (κ3) is 7.45. The fourth-order valence-corrected chi connectivity index (χ4v) is 1.62. The van der Waals surface area contributed by atoms with Gasteiger partial charge in [-0.05, 0) is 31.2 Å². The Morgan fingerprint density at radius 3 is 2.06 bits per heavy atom. The molecule has 0 saturated heterocycles. The molecule has 0 aromatic heterocycles. The molecule has 0 fully saturated rings. The number of hydrogen-bond acceptors (Lipinski definition) is 0. The maximum absolute atomic E-state index is 3.59. The molecule has 0 heteroatoms. The van der Waals surface area contributed by atoms with Gasteiger partial charge in [0.1, 0.15) is 0 Å². The number of allylic oxidation sites excluding steroid dienone is 6. The predicted octanol–water partition coefficient (Wildman–Crippen LogP) is 5.56. The van der Waals surface area contributed by atoms with E-state index in [-0.39, 0.29) is 0 Å². The Kier molecular flexibility index (Phi) is 8.18. The molecule has 0 radical (unpaired) electrons. The molecule has 0 saturated carbocycles. The maximum atomic E-state index is 3.59. The molecule has 0 unspecified atom stereocenters. The van der Waals surface area contributed by atoms with Gasteiger partial charge in [0.05, 0.1) is 0 Å². The zero-order valence-corrected chi connectivity index (χ0v) is 11.0. The van der Waals surface area contributed by atoms with E-state index in [1.807, 2.05) is 30.4 Å². The van der Waals surface area contributed by atoms with E-state index in [0.717, 1.165) is 0 Å². The summed E-state index contributed by atoms with van der Waals surface area (Å²) in [6, 6.07) is 10.1. The first-order valence-electron chi connectivity index (χ1n) is 6.59. The topological polar surface area (TPSA) is 0 Å². The summed E-state index contributed by atoms with van der Waals surface area (Å²) in [7, 11) is 0. The second-order valence-corrected chi connectivity index (χ2v) is 4.15. The molecule has 0 amide bonds. The minimum absolute atomic E-state index is 1.21. The first kappa shape index (κ1) is 14.2. The molecule has 0 nitrogen and oxygen atoms in total. The molecule has 18 heavy (non-hydrogen) atoms. The molecule has 2 rings (SSSR count). The van der Waals surface area contributed by atoms with Crippen molar-refractivity contribution in [3.8, 4) is 0 Å². The van der Waals surface area contributed by atoms with Crippen LogP contribution in [0.5, 0.6) is 0 Å². The van der Waals surface area contributed by atoms with Crippen LogP contribution in [0.15, 0.2) is 73.4 Å². The third-order valence-corrected chi connectivity index (χ3v) is 2.60. The van der Waals surface area contributed by atoms with Gasteiger partial charge in [0.25, 0.3) is 0 Å². The monoisotopic (exact) mass is 238 g/mol. The van der Waals surface area contributed by atoms with E-state index in [0.29, 0.717) is 0 Å².